The summed E-state index contributed by atoms with van der Waals surface area (Å²) in [5, 5.41) is 16.7. The third-order valence-electron chi connectivity index (χ3n) is 3.38. The fraction of sp³-hybridized carbons (Fsp3) is 0.750. The Morgan fingerprint density at radius 3 is 3.07 bits per heavy atom. The topological polar surface area (TPSA) is 82.3 Å². The van der Waals surface area contributed by atoms with E-state index >= 15 is 0 Å². The van der Waals surface area contributed by atoms with Crippen LogP contribution in [0.15, 0.2) is 10.2 Å². The van der Waals surface area contributed by atoms with Crippen molar-refractivity contribution in [3.63, 3.8) is 0 Å². The predicted molar refractivity (Wildman–Crippen MR) is 43.4 cm³/mol. The second-order valence-electron chi connectivity index (χ2n) is 4.01. The van der Waals surface area contributed by atoms with E-state index in [9.17, 15) is 9.59 Å². The Hall–Kier alpha value is -1.46. The van der Waals surface area contributed by atoms with Crippen molar-refractivity contribution in [2.45, 2.75) is 24.5 Å². The minimum atomic E-state index is -1.35. The Bertz CT molecular complexity index is 367. The van der Waals surface area contributed by atoms with Gasteiger partial charge in [-0.3, -0.25) is 4.79 Å². The smallest absolute Gasteiger partial charge is 0.354 e. The monoisotopic (exact) mass is 195 g/mol. The summed E-state index contributed by atoms with van der Waals surface area (Å²) >= 11 is 0. The maximum absolute atomic E-state index is 11.3. The highest BCUT2D eigenvalue weighted by molar-refractivity contribution is 5.92. The van der Waals surface area contributed by atoms with E-state index in [1.807, 2.05) is 0 Å². The number of rotatable bonds is 1. The van der Waals surface area contributed by atoms with Crippen LogP contribution in [0.4, 0.5) is 0 Å². The zero-order chi connectivity index (χ0) is 9.92. The molecule has 0 saturated carbocycles. The van der Waals surface area contributed by atoms with Gasteiger partial charge >= 0.3 is 5.97 Å². The van der Waals surface area contributed by atoms with Crippen LogP contribution in [0.1, 0.15) is 12.8 Å². The molecule has 0 spiro atoms. The molecule has 3 aliphatic rings. The Labute approximate surface area is 79.6 Å². The number of nitrogens with zero attached hydrogens (tertiary/aromatic N) is 3. The molecule has 3 heterocycles. The third-order valence-corrected chi connectivity index (χ3v) is 3.38. The highest BCUT2D eigenvalue weighted by Crippen LogP contribution is 2.49. The molecule has 0 radical (unpaired) electrons. The Morgan fingerprint density at radius 1 is 1.64 bits per heavy atom. The van der Waals surface area contributed by atoms with E-state index in [4.69, 9.17) is 5.11 Å². The van der Waals surface area contributed by atoms with Crippen LogP contribution in [0, 0.1) is 5.92 Å². The zero-order valence-corrected chi connectivity index (χ0v) is 7.38. The van der Waals surface area contributed by atoms with Crippen LogP contribution < -0.4 is 0 Å². The van der Waals surface area contributed by atoms with Gasteiger partial charge in [0.05, 0.1) is 6.54 Å². The van der Waals surface area contributed by atoms with Gasteiger partial charge in [-0.25, -0.2) is 4.79 Å². The number of hydrogen-bond acceptors (Lipinski definition) is 4. The molecule has 2 saturated heterocycles. The van der Waals surface area contributed by atoms with E-state index in [0.29, 0.717) is 13.0 Å². The first-order chi connectivity index (χ1) is 6.66. The molecule has 6 heteroatoms. The number of aliphatic carboxylic acids is 1. The summed E-state index contributed by atoms with van der Waals surface area (Å²) < 4.78 is 0. The van der Waals surface area contributed by atoms with Crippen molar-refractivity contribution in [2.75, 3.05) is 6.54 Å². The molecule has 2 fully saturated rings. The Morgan fingerprint density at radius 2 is 2.43 bits per heavy atom. The van der Waals surface area contributed by atoms with Crippen LogP contribution in [0.2, 0.25) is 0 Å². The van der Waals surface area contributed by atoms with E-state index in [-0.39, 0.29) is 17.9 Å². The summed E-state index contributed by atoms with van der Waals surface area (Å²) in [6.07, 6.45) is 1.20. The lowest BCUT2D eigenvalue weighted by atomic mass is 9.95. The van der Waals surface area contributed by atoms with Crippen LogP contribution in [0.3, 0.4) is 0 Å². The average molecular weight is 195 g/mol. The molecular weight excluding hydrogens is 186 g/mol. The molecule has 3 rings (SSSR count). The summed E-state index contributed by atoms with van der Waals surface area (Å²) in [6, 6.07) is 0.0860. The molecule has 0 aliphatic carbocycles. The first-order valence-electron chi connectivity index (χ1n) is 4.60. The van der Waals surface area contributed by atoms with Gasteiger partial charge in [-0.2, -0.15) is 10.2 Å². The number of hydrogen-bond donors (Lipinski definition) is 1. The number of carboxylic acids is 1. The van der Waals surface area contributed by atoms with E-state index < -0.39 is 11.6 Å². The number of azo groups is 1. The summed E-state index contributed by atoms with van der Waals surface area (Å²) in [5.74, 6) is -1.27. The van der Waals surface area contributed by atoms with E-state index in [0.717, 1.165) is 6.42 Å². The molecule has 0 unspecified atom stereocenters. The van der Waals surface area contributed by atoms with Gasteiger partial charge < -0.3 is 10.0 Å². The maximum atomic E-state index is 11.3. The standard InChI is InChI=1S/C8H9N3O3/c12-6-2-5-1-4-3-9-10-8(4,7(13)14)11(5)6/h4-5H,1-3H2,(H,13,14)/t4-,5-,8+/m1/s1. The number of carboxylic acid groups (broad SMARTS) is 1. The van der Waals surface area contributed by atoms with Gasteiger partial charge in [0.25, 0.3) is 5.66 Å². The van der Waals surface area contributed by atoms with E-state index in [2.05, 4.69) is 10.2 Å². The molecule has 1 amide bonds. The molecule has 6 nitrogen and oxygen atoms in total. The molecule has 3 aliphatic heterocycles. The largest absolute Gasteiger partial charge is 0.478 e. The van der Waals surface area contributed by atoms with Gasteiger partial charge in [0.1, 0.15) is 0 Å². The molecule has 0 aromatic carbocycles. The maximum Gasteiger partial charge on any atom is 0.354 e. The van der Waals surface area contributed by atoms with E-state index in [1.54, 1.807) is 0 Å². The van der Waals surface area contributed by atoms with Gasteiger partial charge in [-0.15, -0.1) is 0 Å². The normalized spacial score (nSPS) is 43.4. The molecule has 1 N–H and O–H groups in total. The van der Waals surface area contributed by atoms with Gasteiger partial charge in [-0.1, -0.05) is 0 Å². The summed E-state index contributed by atoms with van der Waals surface area (Å²) in [4.78, 5) is 23.9. The summed E-state index contributed by atoms with van der Waals surface area (Å²) in [7, 11) is 0. The van der Waals surface area contributed by atoms with E-state index in [1.165, 1.54) is 4.90 Å². The lowest BCUT2D eigenvalue weighted by Crippen LogP contribution is -2.62. The summed E-state index contributed by atoms with van der Waals surface area (Å²) in [5.41, 5.74) is -1.35. The van der Waals surface area contributed by atoms with Crippen molar-refractivity contribution in [2.24, 2.45) is 16.1 Å². The second kappa shape index (κ2) is 2.13. The Balaban J connectivity index is 2.09. The fourth-order valence-corrected chi connectivity index (χ4v) is 2.73. The van der Waals surface area contributed by atoms with Crippen molar-refractivity contribution < 1.29 is 14.7 Å². The van der Waals surface area contributed by atoms with Gasteiger partial charge in [0, 0.05) is 18.4 Å². The van der Waals surface area contributed by atoms with Crippen LogP contribution in [-0.2, 0) is 9.59 Å². The quantitative estimate of drug-likeness (QED) is 0.591. The predicted octanol–water partition coefficient (Wildman–Crippen LogP) is -0.146. The second-order valence-corrected chi connectivity index (χ2v) is 4.01. The lowest BCUT2D eigenvalue weighted by molar-refractivity contribution is -0.166. The van der Waals surface area contributed by atoms with Crippen molar-refractivity contribution in [1.82, 2.24) is 4.90 Å². The number of carbonyl (C=O) groups is 2. The number of carbonyl (C=O) groups excluding carboxylic acids is 1. The highest BCUT2D eigenvalue weighted by atomic mass is 16.4. The van der Waals surface area contributed by atoms with Crippen LogP contribution in [0.5, 0.6) is 0 Å². The van der Waals surface area contributed by atoms with Gasteiger partial charge in [-0.05, 0) is 6.42 Å². The molecule has 0 bridgehead atoms. The number of β-lactam (4-membered cyclic amide) rings is 1. The molecule has 0 aromatic rings. The molecule has 74 valence electrons. The first-order valence-corrected chi connectivity index (χ1v) is 4.60. The minimum Gasteiger partial charge on any atom is -0.478 e. The lowest BCUT2D eigenvalue weighted by Gasteiger charge is -2.41. The average Bonchev–Trinajstić information content (AvgIpc) is 2.56. The SMILES string of the molecule is O=C1C[C@H]2C[C@@H]3CN=N[C@]3(C(=O)O)N12. The fourth-order valence-electron chi connectivity index (χ4n) is 2.73. The van der Waals surface area contributed by atoms with Crippen molar-refractivity contribution in [3.8, 4) is 0 Å². The molecule has 3 atom stereocenters. The van der Waals surface area contributed by atoms with Crippen LogP contribution >= 0.6 is 0 Å². The zero-order valence-electron chi connectivity index (χ0n) is 7.38. The molecular formula is C8H9N3O3. The van der Waals surface area contributed by atoms with Crippen molar-refractivity contribution >= 4 is 11.9 Å². The highest BCUT2D eigenvalue weighted by Gasteiger charge is 2.67. The minimum absolute atomic E-state index is 0.0860. The van der Waals surface area contributed by atoms with Crippen molar-refractivity contribution in [3.05, 3.63) is 0 Å². The van der Waals surface area contributed by atoms with Crippen molar-refractivity contribution in [1.29, 1.82) is 0 Å². The Kier molecular flexibility index (Phi) is 1.20. The van der Waals surface area contributed by atoms with Gasteiger partial charge in [0.15, 0.2) is 0 Å². The number of fused-ring (bicyclic) bond motifs is 3. The summed E-state index contributed by atoms with van der Waals surface area (Å²) in [6.45, 7) is 0.437. The van der Waals surface area contributed by atoms with Crippen LogP contribution in [-0.4, -0.2) is 40.1 Å². The number of amides is 1. The van der Waals surface area contributed by atoms with Crippen LogP contribution in [0.25, 0.3) is 0 Å². The first kappa shape index (κ1) is 7.90. The molecule has 0 aromatic heterocycles. The third kappa shape index (κ3) is 0.614. The van der Waals surface area contributed by atoms with Gasteiger partial charge in [0.2, 0.25) is 5.91 Å². The molecule has 14 heavy (non-hydrogen) atoms.